The summed E-state index contributed by atoms with van der Waals surface area (Å²) < 4.78 is 5.16. The minimum Gasteiger partial charge on any atom is -0.380 e. The van der Waals surface area contributed by atoms with Crippen molar-refractivity contribution in [3.05, 3.63) is 35.4 Å². The summed E-state index contributed by atoms with van der Waals surface area (Å²) in [6.07, 6.45) is 7.26. The van der Waals surface area contributed by atoms with Crippen molar-refractivity contribution in [3.63, 3.8) is 0 Å². The molecule has 1 aromatic rings. The summed E-state index contributed by atoms with van der Waals surface area (Å²) in [5.41, 5.74) is 1.89. The highest BCUT2D eigenvalue weighted by Crippen LogP contribution is 2.35. The van der Waals surface area contributed by atoms with Crippen LogP contribution in [0.2, 0.25) is 0 Å². The molecule has 0 unspecified atom stereocenters. The van der Waals surface area contributed by atoms with Gasteiger partial charge in [-0.2, -0.15) is 0 Å². The minimum atomic E-state index is 0.220. The Bertz CT molecular complexity index is 476. The molecule has 0 heterocycles. The molecule has 2 aliphatic rings. The minimum absolute atomic E-state index is 0.220. The van der Waals surface area contributed by atoms with Gasteiger partial charge in [-0.05, 0) is 43.4 Å². The first-order valence-electron chi connectivity index (χ1n) is 7.70. The van der Waals surface area contributed by atoms with Crippen molar-refractivity contribution in [1.29, 1.82) is 0 Å². The van der Waals surface area contributed by atoms with E-state index in [1.54, 1.807) is 7.11 Å². The summed E-state index contributed by atoms with van der Waals surface area (Å²) in [5, 5.41) is 0. The van der Waals surface area contributed by atoms with E-state index in [4.69, 9.17) is 4.74 Å². The number of ether oxygens (including phenoxy) is 1. The Labute approximate surface area is 120 Å². The molecule has 0 aliphatic heterocycles. The SMILES string of the molecule is COCc1cccc(C(=O)N(C2CCCC2)C2CC2)c1. The van der Waals surface area contributed by atoms with Gasteiger partial charge in [0.05, 0.1) is 6.61 Å². The summed E-state index contributed by atoms with van der Waals surface area (Å²) >= 11 is 0. The summed E-state index contributed by atoms with van der Waals surface area (Å²) in [6, 6.07) is 8.86. The van der Waals surface area contributed by atoms with Gasteiger partial charge in [-0.25, -0.2) is 0 Å². The van der Waals surface area contributed by atoms with Gasteiger partial charge in [0.1, 0.15) is 0 Å². The molecule has 0 bridgehead atoms. The van der Waals surface area contributed by atoms with E-state index >= 15 is 0 Å². The predicted molar refractivity (Wildman–Crippen MR) is 78.6 cm³/mol. The summed E-state index contributed by atoms with van der Waals surface area (Å²) in [4.78, 5) is 15.0. The molecule has 3 rings (SSSR count). The van der Waals surface area contributed by atoms with Gasteiger partial charge in [0.15, 0.2) is 0 Å². The van der Waals surface area contributed by atoms with Crippen LogP contribution in [0, 0.1) is 0 Å². The number of benzene rings is 1. The van der Waals surface area contributed by atoms with Crippen LogP contribution >= 0.6 is 0 Å². The van der Waals surface area contributed by atoms with E-state index in [0.29, 0.717) is 18.7 Å². The average molecular weight is 273 g/mol. The molecule has 2 aliphatic carbocycles. The van der Waals surface area contributed by atoms with Crippen LogP contribution in [0.4, 0.5) is 0 Å². The normalized spacial score (nSPS) is 19.2. The van der Waals surface area contributed by atoms with Gasteiger partial charge in [0.25, 0.3) is 5.91 Å². The Morgan fingerprint density at radius 3 is 2.55 bits per heavy atom. The lowest BCUT2D eigenvalue weighted by atomic mass is 10.1. The van der Waals surface area contributed by atoms with Crippen molar-refractivity contribution in [1.82, 2.24) is 4.90 Å². The Morgan fingerprint density at radius 2 is 1.90 bits per heavy atom. The van der Waals surface area contributed by atoms with Gasteiger partial charge in [-0.1, -0.05) is 25.0 Å². The highest BCUT2D eigenvalue weighted by molar-refractivity contribution is 5.95. The molecule has 3 heteroatoms. The maximum Gasteiger partial charge on any atom is 0.254 e. The molecule has 108 valence electrons. The number of carbonyl (C=O) groups excluding carboxylic acids is 1. The lowest BCUT2D eigenvalue weighted by Gasteiger charge is -2.29. The van der Waals surface area contributed by atoms with E-state index in [1.165, 1.54) is 38.5 Å². The molecule has 0 spiro atoms. The highest BCUT2D eigenvalue weighted by atomic mass is 16.5. The van der Waals surface area contributed by atoms with Crippen LogP contribution in [-0.2, 0) is 11.3 Å². The van der Waals surface area contributed by atoms with E-state index in [-0.39, 0.29) is 5.91 Å². The molecule has 1 amide bonds. The van der Waals surface area contributed by atoms with Crippen LogP contribution in [0.25, 0.3) is 0 Å². The number of rotatable bonds is 5. The lowest BCUT2D eigenvalue weighted by Crippen LogP contribution is -2.40. The van der Waals surface area contributed by atoms with E-state index in [2.05, 4.69) is 4.90 Å². The molecule has 1 aromatic carbocycles. The van der Waals surface area contributed by atoms with Crippen molar-refractivity contribution < 1.29 is 9.53 Å². The Morgan fingerprint density at radius 1 is 1.20 bits per heavy atom. The first-order valence-corrected chi connectivity index (χ1v) is 7.70. The molecular weight excluding hydrogens is 250 g/mol. The van der Waals surface area contributed by atoms with Gasteiger partial charge in [0.2, 0.25) is 0 Å². The number of methoxy groups -OCH3 is 1. The third kappa shape index (κ3) is 2.88. The molecule has 20 heavy (non-hydrogen) atoms. The molecule has 0 N–H and O–H groups in total. The van der Waals surface area contributed by atoms with Crippen LogP contribution in [0.3, 0.4) is 0 Å². The van der Waals surface area contributed by atoms with E-state index < -0.39 is 0 Å². The third-order valence-electron chi connectivity index (χ3n) is 4.38. The quantitative estimate of drug-likeness (QED) is 0.823. The molecule has 0 atom stereocenters. The number of carbonyl (C=O) groups is 1. The molecule has 0 aromatic heterocycles. The third-order valence-corrected chi connectivity index (χ3v) is 4.38. The molecular formula is C17H23NO2. The van der Waals surface area contributed by atoms with Crippen LogP contribution < -0.4 is 0 Å². The van der Waals surface area contributed by atoms with Crippen molar-refractivity contribution >= 4 is 5.91 Å². The van der Waals surface area contributed by atoms with Crippen LogP contribution in [0.5, 0.6) is 0 Å². The van der Waals surface area contributed by atoms with E-state index in [0.717, 1.165) is 11.1 Å². The fourth-order valence-electron chi connectivity index (χ4n) is 3.27. The second-order valence-corrected chi connectivity index (χ2v) is 6.02. The Kier molecular flexibility index (Phi) is 4.06. The van der Waals surface area contributed by atoms with Gasteiger partial charge in [0, 0.05) is 24.8 Å². The Balaban J connectivity index is 1.79. The molecule has 0 radical (unpaired) electrons. The summed E-state index contributed by atoms with van der Waals surface area (Å²) in [7, 11) is 1.68. The van der Waals surface area contributed by atoms with Crippen molar-refractivity contribution in [2.45, 2.75) is 57.2 Å². The number of hydrogen-bond donors (Lipinski definition) is 0. The van der Waals surface area contributed by atoms with E-state index in [1.807, 2.05) is 24.3 Å². The number of hydrogen-bond acceptors (Lipinski definition) is 2. The maximum atomic E-state index is 12.9. The molecule has 2 saturated carbocycles. The first kappa shape index (κ1) is 13.6. The van der Waals surface area contributed by atoms with Crippen molar-refractivity contribution in [3.8, 4) is 0 Å². The fraction of sp³-hybridized carbons (Fsp3) is 0.588. The van der Waals surface area contributed by atoms with Crippen LogP contribution in [0.1, 0.15) is 54.4 Å². The molecule has 3 nitrogen and oxygen atoms in total. The predicted octanol–water partition coefficient (Wildman–Crippen LogP) is 3.38. The Hall–Kier alpha value is -1.35. The molecule has 2 fully saturated rings. The highest BCUT2D eigenvalue weighted by Gasteiger charge is 2.38. The standard InChI is InChI=1S/C17H23NO2/c1-20-12-13-5-4-6-14(11-13)17(19)18(16-9-10-16)15-7-2-3-8-15/h4-6,11,15-16H,2-3,7-10,12H2,1H3. The van der Waals surface area contributed by atoms with Crippen LogP contribution in [-0.4, -0.2) is 30.0 Å². The lowest BCUT2D eigenvalue weighted by molar-refractivity contribution is 0.0664. The maximum absolute atomic E-state index is 12.9. The van der Waals surface area contributed by atoms with Gasteiger partial charge in [-0.3, -0.25) is 4.79 Å². The largest absolute Gasteiger partial charge is 0.380 e. The fourth-order valence-corrected chi connectivity index (χ4v) is 3.27. The zero-order valence-corrected chi connectivity index (χ0v) is 12.2. The van der Waals surface area contributed by atoms with E-state index in [9.17, 15) is 4.79 Å². The first-order chi connectivity index (χ1) is 9.79. The molecule has 0 saturated heterocycles. The number of nitrogens with zero attached hydrogens (tertiary/aromatic N) is 1. The number of amides is 1. The van der Waals surface area contributed by atoms with Crippen LogP contribution in [0.15, 0.2) is 24.3 Å². The second-order valence-electron chi connectivity index (χ2n) is 6.02. The van der Waals surface area contributed by atoms with Gasteiger partial charge >= 0.3 is 0 Å². The van der Waals surface area contributed by atoms with Gasteiger partial charge in [-0.15, -0.1) is 0 Å². The summed E-state index contributed by atoms with van der Waals surface area (Å²) in [5.74, 6) is 0.220. The average Bonchev–Trinajstić information content (AvgIpc) is 3.14. The second kappa shape index (κ2) is 5.96. The smallest absolute Gasteiger partial charge is 0.254 e. The monoisotopic (exact) mass is 273 g/mol. The zero-order chi connectivity index (χ0) is 13.9. The van der Waals surface area contributed by atoms with Crippen molar-refractivity contribution in [2.24, 2.45) is 0 Å². The zero-order valence-electron chi connectivity index (χ0n) is 12.2. The van der Waals surface area contributed by atoms with Gasteiger partial charge < -0.3 is 9.64 Å². The topological polar surface area (TPSA) is 29.5 Å². The summed E-state index contributed by atoms with van der Waals surface area (Å²) in [6.45, 7) is 0.563. The van der Waals surface area contributed by atoms with Crippen molar-refractivity contribution in [2.75, 3.05) is 7.11 Å².